The van der Waals surface area contributed by atoms with E-state index in [0.717, 1.165) is 5.56 Å². The molecule has 1 aromatic rings. The fraction of sp³-hybridized carbons (Fsp3) is 0.333. The standard InChI is InChI=1S/C12H13NO3/c14-11-7-6-10(12(15)16-11)13-8-9-4-2-1-3-5-9/h1-5,10,13H,6-8H2/t10-/m0/s1. The van der Waals surface area contributed by atoms with Crippen LogP contribution in [0, 0.1) is 0 Å². The van der Waals surface area contributed by atoms with Crippen LogP contribution in [0.3, 0.4) is 0 Å². The lowest BCUT2D eigenvalue weighted by atomic mass is 10.1. The molecule has 4 heteroatoms. The van der Waals surface area contributed by atoms with Crippen molar-refractivity contribution in [2.45, 2.75) is 25.4 Å². The van der Waals surface area contributed by atoms with Gasteiger partial charge in [-0.15, -0.1) is 0 Å². The van der Waals surface area contributed by atoms with E-state index in [-0.39, 0.29) is 6.04 Å². The minimum absolute atomic E-state index is 0.304. The molecule has 2 rings (SSSR count). The van der Waals surface area contributed by atoms with Crippen LogP contribution in [0.2, 0.25) is 0 Å². The molecule has 1 N–H and O–H groups in total. The maximum atomic E-state index is 11.3. The summed E-state index contributed by atoms with van der Waals surface area (Å²) < 4.78 is 4.55. The van der Waals surface area contributed by atoms with Crippen LogP contribution in [-0.2, 0) is 20.9 Å². The normalized spacial score (nSPS) is 20.6. The van der Waals surface area contributed by atoms with Crippen molar-refractivity contribution in [2.75, 3.05) is 0 Å². The summed E-state index contributed by atoms with van der Waals surface area (Å²) in [7, 11) is 0. The molecule has 0 radical (unpaired) electrons. The highest BCUT2D eigenvalue weighted by Gasteiger charge is 2.28. The molecule has 4 nitrogen and oxygen atoms in total. The average molecular weight is 219 g/mol. The number of nitrogens with one attached hydrogen (secondary N) is 1. The van der Waals surface area contributed by atoms with E-state index in [0.29, 0.717) is 19.4 Å². The van der Waals surface area contributed by atoms with E-state index in [9.17, 15) is 9.59 Å². The SMILES string of the molecule is O=C1CC[C@H](NCc2ccccc2)C(=O)O1. The molecule has 1 aliphatic heterocycles. The van der Waals surface area contributed by atoms with Crippen molar-refractivity contribution in [3.05, 3.63) is 35.9 Å². The van der Waals surface area contributed by atoms with E-state index in [1.165, 1.54) is 0 Å². The fourth-order valence-corrected chi connectivity index (χ4v) is 1.64. The van der Waals surface area contributed by atoms with E-state index in [1.807, 2.05) is 30.3 Å². The van der Waals surface area contributed by atoms with Crippen molar-refractivity contribution in [3.63, 3.8) is 0 Å². The number of carbonyl (C=O) groups excluding carboxylic acids is 2. The van der Waals surface area contributed by atoms with Gasteiger partial charge in [-0.2, -0.15) is 0 Å². The number of cyclic esters (lactones) is 2. The van der Waals surface area contributed by atoms with Crippen molar-refractivity contribution in [1.82, 2.24) is 5.32 Å². The Kier molecular flexibility index (Phi) is 3.31. The van der Waals surface area contributed by atoms with Gasteiger partial charge < -0.3 is 10.1 Å². The van der Waals surface area contributed by atoms with Gasteiger partial charge in [-0.1, -0.05) is 30.3 Å². The predicted molar refractivity (Wildman–Crippen MR) is 57.4 cm³/mol. The van der Waals surface area contributed by atoms with E-state index < -0.39 is 11.9 Å². The lowest BCUT2D eigenvalue weighted by molar-refractivity contribution is -0.165. The maximum Gasteiger partial charge on any atom is 0.330 e. The van der Waals surface area contributed by atoms with Crippen molar-refractivity contribution in [2.24, 2.45) is 0 Å². The van der Waals surface area contributed by atoms with Gasteiger partial charge in [0.2, 0.25) is 0 Å². The Bertz CT molecular complexity index is 389. The van der Waals surface area contributed by atoms with Gasteiger partial charge in [0.05, 0.1) is 0 Å². The van der Waals surface area contributed by atoms with Crippen molar-refractivity contribution in [1.29, 1.82) is 0 Å². The fourth-order valence-electron chi connectivity index (χ4n) is 1.64. The predicted octanol–water partition coefficient (Wildman–Crippen LogP) is 1.01. The van der Waals surface area contributed by atoms with E-state index >= 15 is 0 Å². The third kappa shape index (κ3) is 2.67. The Labute approximate surface area is 93.6 Å². The number of ether oxygens (including phenoxy) is 1. The number of hydrogen-bond donors (Lipinski definition) is 1. The van der Waals surface area contributed by atoms with Gasteiger partial charge in [-0.3, -0.25) is 4.79 Å². The van der Waals surface area contributed by atoms with E-state index in [1.54, 1.807) is 0 Å². The molecule has 0 aliphatic carbocycles. The van der Waals surface area contributed by atoms with Crippen LogP contribution in [0.4, 0.5) is 0 Å². The van der Waals surface area contributed by atoms with Gasteiger partial charge in [0.25, 0.3) is 0 Å². The molecule has 1 fully saturated rings. The summed E-state index contributed by atoms with van der Waals surface area (Å²) in [5.74, 6) is -0.894. The molecule has 1 atom stereocenters. The monoisotopic (exact) mass is 219 g/mol. The molecule has 0 spiro atoms. The van der Waals surface area contributed by atoms with Crippen LogP contribution in [0.25, 0.3) is 0 Å². The molecule has 1 aliphatic rings. The highest BCUT2D eigenvalue weighted by atomic mass is 16.6. The highest BCUT2D eigenvalue weighted by Crippen LogP contribution is 2.10. The molecule has 1 aromatic carbocycles. The van der Waals surface area contributed by atoms with Crippen LogP contribution >= 0.6 is 0 Å². The average Bonchev–Trinajstić information content (AvgIpc) is 2.29. The molecule has 0 unspecified atom stereocenters. The largest absolute Gasteiger partial charge is 0.392 e. The smallest absolute Gasteiger partial charge is 0.330 e. The van der Waals surface area contributed by atoms with Gasteiger partial charge in [-0.25, -0.2) is 4.79 Å². The second-order valence-corrected chi connectivity index (χ2v) is 3.75. The summed E-state index contributed by atoms with van der Waals surface area (Å²) in [6.07, 6.45) is 0.822. The van der Waals surface area contributed by atoms with Gasteiger partial charge in [-0.05, 0) is 12.0 Å². The number of carbonyl (C=O) groups is 2. The number of esters is 2. The van der Waals surface area contributed by atoms with Crippen LogP contribution in [0.1, 0.15) is 18.4 Å². The summed E-state index contributed by atoms with van der Waals surface area (Å²) in [5, 5.41) is 3.08. The minimum Gasteiger partial charge on any atom is -0.392 e. The molecular formula is C12H13NO3. The molecule has 84 valence electrons. The zero-order valence-corrected chi connectivity index (χ0v) is 8.81. The molecule has 0 saturated carbocycles. The Hall–Kier alpha value is -1.68. The summed E-state index contributed by atoms with van der Waals surface area (Å²) in [4.78, 5) is 22.1. The second-order valence-electron chi connectivity index (χ2n) is 3.75. The number of benzene rings is 1. The number of hydrogen-bond acceptors (Lipinski definition) is 4. The molecular weight excluding hydrogens is 206 g/mol. The Balaban J connectivity index is 1.87. The van der Waals surface area contributed by atoms with Crippen LogP contribution in [-0.4, -0.2) is 18.0 Å². The Morgan fingerprint density at radius 2 is 2.00 bits per heavy atom. The topological polar surface area (TPSA) is 55.4 Å². The Morgan fingerprint density at radius 3 is 2.69 bits per heavy atom. The van der Waals surface area contributed by atoms with Crippen LogP contribution in [0.15, 0.2) is 30.3 Å². The maximum absolute atomic E-state index is 11.3. The first-order valence-corrected chi connectivity index (χ1v) is 5.27. The van der Waals surface area contributed by atoms with E-state index in [2.05, 4.69) is 10.1 Å². The van der Waals surface area contributed by atoms with Gasteiger partial charge in [0.1, 0.15) is 6.04 Å². The molecule has 0 amide bonds. The summed E-state index contributed by atoms with van der Waals surface area (Å²) in [5.41, 5.74) is 1.10. The lowest BCUT2D eigenvalue weighted by Gasteiger charge is -2.20. The summed E-state index contributed by atoms with van der Waals surface area (Å²) in [6.45, 7) is 0.606. The first-order chi connectivity index (χ1) is 7.75. The summed E-state index contributed by atoms with van der Waals surface area (Å²) in [6, 6.07) is 9.42. The molecule has 1 heterocycles. The molecule has 16 heavy (non-hydrogen) atoms. The summed E-state index contributed by atoms with van der Waals surface area (Å²) >= 11 is 0. The quantitative estimate of drug-likeness (QED) is 0.609. The Morgan fingerprint density at radius 1 is 1.25 bits per heavy atom. The van der Waals surface area contributed by atoms with Gasteiger partial charge in [0, 0.05) is 13.0 Å². The third-order valence-electron chi connectivity index (χ3n) is 2.53. The first kappa shape index (κ1) is 10.8. The molecule has 0 aromatic heterocycles. The highest BCUT2D eigenvalue weighted by molar-refractivity contribution is 5.91. The van der Waals surface area contributed by atoms with Gasteiger partial charge >= 0.3 is 11.9 Å². The zero-order valence-electron chi connectivity index (χ0n) is 8.81. The minimum atomic E-state index is -0.466. The zero-order chi connectivity index (χ0) is 11.4. The molecule has 0 bridgehead atoms. The third-order valence-corrected chi connectivity index (χ3v) is 2.53. The van der Waals surface area contributed by atoms with Crippen LogP contribution in [0.5, 0.6) is 0 Å². The number of rotatable bonds is 3. The first-order valence-electron chi connectivity index (χ1n) is 5.27. The van der Waals surface area contributed by atoms with Crippen LogP contribution < -0.4 is 5.32 Å². The van der Waals surface area contributed by atoms with Crippen molar-refractivity contribution < 1.29 is 14.3 Å². The van der Waals surface area contributed by atoms with Crippen molar-refractivity contribution >= 4 is 11.9 Å². The second kappa shape index (κ2) is 4.90. The molecule has 1 saturated heterocycles. The van der Waals surface area contributed by atoms with Gasteiger partial charge in [0.15, 0.2) is 0 Å². The van der Waals surface area contributed by atoms with E-state index in [4.69, 9.17) is 0 Å². The van der Waals surface area contributed by atoms with Crippen molar-refractivity contribution in [3.8, 4) is 0 Å². The lowest BCUT2D eigenvalue weighted by Crippen LogP contribution is -2.42.